The molecule has 1 saturated heterocycles. The number of hydrogen-bond donors (Lipinski definition) is 3. The van der Waals surface area contributed by atoms with Gasteiger partial charge in [0.1, 0.15) is 24.4 Å². The van der Waals surface area contributed by atoms with Crippen molar-refractivity contribution in [1.29, 1.82) is 0 Å². The highest BCUT2D eigenvalue weighted by Gasteiger charge is 2.42. The second-order valence-electron chi connectivity index (χ2n) is 7.27. The summed E-state index contributed by atoms with van der Waals surface area (Å²) in [6, 6.07) is 14.6. The summed E-state index contributed by atoms with van der Waals surface area (Å²) in [5.74, 6) is 0. The lowest BCUT2D eigenvalue weighted by Crippen LogP contribution is -2.53. The Morgan fingerprint density at radius 1 is 0.885 bits per heavy atom. The first-order valence-corrected chi connectivity index (χ1v) is 9.27. The molecule has 4 nitrogen and oxygen atoms in total. The van der Waals surface area contributed by atoms with Crippen LogP contribution in [0.5, 0.6) is 0 Å². The maximum absolute atomic E-state index is 10.4. The van der Waals surface area contributed by atoms with Gasteiger partial charge in [-0.2, -0.15) is 0 Å². The van der Waals surface area contributed by atoms with E-state index in [1.165, 1.54) is 16.7 Å². The van der Waals surface area contributed by atoms with Crippen LogP contribution in [0.4, 0.5) is 0 Å². The lowest BCUT2D eigenvalue weighted by molar-refractivity contribution is -0.219. The topological polar surface area (TPSA) is 69.9 Å². The number of ether oxygens (including phenoxy) is 1. The van der Waals surface area contributed by atoms with Crippen molar-refractivity contribution in [2.45, 2.75) is 64.1 Å². The molecule has 0 aliphatic carbocycles. The third-order valence-electron chi connectivity index (χ3n) is 5.38. The third-order valence-corrected chi connectivity index (χ3v) is 5.38. The quantitative estimate of drug-likeness (QED) is 0.788. The van der Waals surface area contributed by atoms with E-state index in [-0.39, 0.29) is 0 Å². The zero-order chi connectivity index (χ0) is 18.8. The van der Waals surface area contributed by atoms with Gasteiger partial charge in [0.05, 0.1) is 6.10 Å². The second-order valence-corrected chi connectivity index (χ2v) is 7.27. The zero-order valence-corrected chi connectivity index (χ0v) is 15.6. The summed E-state index contributed by atoms with van der Waals surface area (Å²) in [7, 11) is 0. The molecule has 0 bridgehead atoms. The van der Waals surface area contributed by atoms with Crippen molar-refractivity contribution in [1.82, 2.24) is 0 Å². The van der Waals surface area contributed by atoms with Crippen LogP contribution in [0.2, 0.25) is 0 Å². The molecule has 26 heavy (non-hydrogen) atoms. The van der Waals surface area contributed by atoms with Crippen molar-refractivity contribution < 1.29 is 20.1 Å². The predicted octanol–water partition coefficient (Wildman–Crippen LogP) is 2.69. The van der Waals surface area contributed by atoms with E-state index in [1.54, 1.807) is 6.92 Å². The first-order chi connectivity index (χ1) is 12.4. The van der Waals surface area contributed by atoms with Crippen LogP contribution >= 0.6 is 0 Å². The number of rotatable bonds is 4. The Kier molecular flexibility index (Phi) is 5.78. The predicted molar refractivity (Wildman–Crippen MR) is 101 cm³/mol. The maximum atomic E-state index is 10.4. The molecule has 4 heteroatoms. The number of aryl methyl sites for hydroxylation is 2. The second kappa shape index (κ2) is 7.89. The van der Waals surface area contributed by atoms with Gasteiger partial charge in [0.15, 0.2) is 0 Å². The Balaban J connectivity index is 1.85. The molecule has 2 aromatic rings. The fourth-order valence-electron chi connectivity index (χ4n) is 3.50. The maximum Gasteiger partial charge on any atom is 0.113 e. The molecule has 140 valence electrons. The van der Waals surface area contributed by atoms with E-state index in [4.69, 9.17) is 4.74 Å². The van der Waals surface area contributed by atoms with Crippen LogP contribution in [0.3, 0.4) is 0 Å². The van der Waals surface area contributed by atoms with Crippen LogP contribution in [0.15, 0.2) is 42.5 Å². The highest BCUT2D eigenvalue weighted by Crippen LogP contribution is 2.33. The van der Waals surface area contributed by atoms with Crippen LogP contribution in [0.25, 0.3) is 0 Å². The minimum absolute atomic E-state index is 0.537. The summed E-state index contributed by atoms with van der Waals surface area (Å²) in [5, 5.41) is 30.3. The Labute approximate surface area is 155 Å². The molecule has 0 radical (unpaired) electrons. The minimum Gasteiger partial charge on any atom is -0.388 e. The van der Waals surface area contributed by atoms with E-state index < -0.39 is 30.5 Å². The average Bonchev–Trinajstić information content (AvgIpc) is 2.65. The van der Waals surface area contributed by atoms with Gasteiger partial charge in [-0.05, 0) is 54.5 Å². The van der Waals surface area contributed by atoms with Gasteiger partial charge in [-0.3, -0.25) is 0 Å². The van der Waals surface area contributed by atoms with Crippen LogP contribution < -0.4 is 0 Å². The lowest BCUT2D eigenvalue weighted by atomic mass is 9.89. The van der Waals surface area contributed by atoms with E-state index in [0.29, 0.717) is 0 Å². The van der Waals surface area contributed by atoms with Crippen molar-refractivity contribution in [3.8, 4) is 0 Å². The molecule has 0 saturated carbocycles. The average molecular weight is 356 g/mol. The molecule has 1 heterocycles. The Morgan fingerprint density at radius 2 is 1.54 bits per heavy atom. The van der Waals surface area contributed by atoms with Gasteiger partial charge in [0.2, 0.25) is 0 Å². The van der Waals surface area contributed by atoms with Crippen molar-refractivity contribution >= 4 is 0 Å². The van der Waals surface area contributed by atoms with Crippen LogP contribution in [-0.2, 0) is 17.6 Å². The standard InChI is InChI=1S/C22H28O4/c1-4-15-6-8-16(9-7-15)11-18-12-17(10-5-13(18)2)22-21(25)20(24)19(23)14(3)26-22/h5-10,12,14,19-25H,4,11H2,1-3H3/t14-,19-,20+,21-,22+/m1/s1. The normalized spacial score (nSPS) is 28.9. The van der Waals surface area contributed by atoms with Gasteiger partial charge < -0.3 is 20.1 Å². The van der Waals surface area contributed by atoms with Crippen LogP contribution in [0, 0.1) is 6.92 Å². The van der Waals surface area contributed by atoms with Gasteiger partial charge in [0.25, 0.3) is 0 Å². The van der Waals surface area contributed by atoms with E-state index in [2.05, 4.69) is 38.1 Å². The van der Waals surface area contributed by atoms with Crippen LogP contribution in [0.1, 0.15) is 47.8 Å². The molecular weight excluding hydrogens is 328 g/mol. The third kappa shape index (κ3) is 3.84. The largest absolute Gasteiger partial charge is 0.388 e. The van der Waals surface area contributed by atoms with E-state index in [9.17, 15) is 15.3 Å². The van der Waals surface area contributed by atoms with E-state index in [0.717, 1.165) is 24.0 Å². The Hall–Kier alpha value is -1.72. The molecule has 3 N–H and O–H groups in total. The first kappa shape index (κ1) is 19.1. The molecule has 2 aromatic carbocycles. The number of benzene rings is 2. The van der Waals surface area contributed by atoms with Crippen molar-refractivity contribution in [2.24, 2.45) is 0 Å². The fraction of sp³-hybridized carbons (Fsp3) is 0.455. The SMILES string of the molecule is CCc1ccc(Cc2cc([C@@H]3O[C@H](C)[C@@H](O)[C@H](O)[C@H]3O)ccc2C)cc1. The van der Waals surface area contributed by atoms with Gasteiger partial charge in [-0.1, -0.05) is 49.4 Å². The summed E-state index contributed by atoms with van der Waals surface area (Å²) < 4.78 is 5.78. The Bertz CT molecular complexity index is 740. The van der Waals surface area contributed by atoms with Gasteiger partial charge >= 0.3 is 0 Å². The van der Waals surface area contributed by atoms with Crippen molar-refractivity contribution in [3.63, 3.8) is 0 Å². The zero-order valence-electron chi connectivity index (χ0n) is 15.6. The molecule has 5 atom stereocenters. The number of hydrogen-bond acceptors (Lipinski definition) is 4. The Morgan fingerprint density at radius 3 is 2.19 bits per heavy atom. The molecule has 0 spiro atoms. The smallest absolute Gasteiger partial charge is 0.113 e. The minimum atomic E-state index is -1.21. The van der Waals surface area contributed by atoms with Crippen LogP contribution in [-0.4, -0.2) is 39.7 Å². The summed E-state index contributed by atoms with van der Waals surface area (Å²) in [5.41, 5.74) is 5.71. The summed E-state index contributed by atoms with van der Waals surface area (Å²) >= 11 is 0. The van der Waals surface area contributed by atoms with Gasteiger partial charge in [-0.15, -0.1) is 0 Å². The molecule has 1 aliphatic rings. The molecule has 3 rings (SSSR count). The summed E-state index contributed by atoms with van der Waals surface area (Å²) in [4.78, 5) is 0. The molecule has 1 aliphatic heterocycles. The number of aliphatic hydroxyl groups excluding tert-OH is 3. The summed E-state index contributed by atoms with van der Waals surface area (Å²) in [6.45, 7) is 5.92. The van der Waals surface area contributed by atoms with E-state index in [1.807, 2.05) is 18.2 Å². The first-order valence-electron chi connectivity index (χ1n) is 9.27. The molecule has 0 amide bonds. The highest BCUT2D eigenvalue weighted by molar-refractivity contribution is 5.37. The number of aliphatic hydroxyl groups is 3. The lowest BCUT2D eigenvalue weighted by Gasteiger charge is -2.39. The fourth-order valence-corrected chi connectivity index (χ4v) is 3.50. The molecule has 0 unspecified atom stereocenters. The van der Waals surface area contributed by atoms with Gasteiger partial charge in [-0.25, -0.2) is 0 Å². The highest BCUT2D eigenvalue weighted by atomic mass is 16.5. The van der Waals surface area contributed by atoms with Crippen molar-refractivity contribution in [2.75, 3.05) is 0 Å². The van der Waals surface area contributed by atoms with Gasteiger partial charge in [0, 0.05) is 0 Å². The summed E-state index contributed by atoms with van der Waals surface area (Å²) in [6.07, 6.45) is -2.81. The molecular formula is C22H28O4. The van der Waals surface area contributed by atoms with E-state index >= 15 is 0 Å². The van der Waals surface area contributed by atoms with Crippen molar-refractivity contribution in [3.05, 3.63) is 70.3 Å². The monoisotopic (exact) mass is 356 g/mol. The molecule has 1 fully saturated rings. The molecule has 0 aromatic heterocycles.